The van der Waals surface area contributed by atoms with E-state index in [0.29, 0.717) is 28.5 Å². The van der Waals surface area contributed by atoms with Crippen molar-refractivity contribution in [2.75, 3.05) is 12.4 Å². The minimum atomic E-state index is -0.0782. The Morgan fingerprint density at radius 2 is 1.89 bits per heavy atom. The second-order valence-corrected chi connectivity index (χ2v) is 6.75. The van der Waals surface area contributed by atoms with Crippen LogP contribution in [-0.4, -0.2) is 26.9 Å². The van der Waals surface area contributed by atoms with Gasteiger partial charge in [0.15, 0.2) is 0 Å². The van der Waals surface area contributed by atoms with Gasteiger partial charge in [-0.2, -0.15) is 0 Å². The molecule has 27 heavy (non-hydrogen) atoms. The van der Waals surface area contributed by atoms with Gasteiger partial charge in [-0.1, -0.05) is 23.5 Å². The van der Waals surface area contributed by atoms with E-state index in [1.165, 1.54) is 11.3 Å². The zero-order valence-electron chi connectivity index (χ0n) is 14.8. The summed E-state index contributed by atoms with van der Waals surface area (Å²) in [7, 11) is 1.63. The molecule has 0 unspecified atom stereocenters. The van der Waals surface area contributed by atoms with E-state index in [0.717, 1.165) is 16.3 Å². The van der Waals surface area contributed by atoms with Crippen LogP contribution in [0.15, 0.2) is 53.3 Å². The summed E-state index contributed by atoms with van der Waals surface area (Å²) in [6.45, 7) is 2.41. The first-order valence-electron chi connectivity index (χ1n) is 8.44. The Hall–Kier alpha value is -3.26. The van der Waals surface area contributed by atoms with Gasteiger partial charge in [0.2, 0.25) is 11.1 Å². The molecular weight excluding hydrogens is 362 g/mol. The molecule has 8 heteroatoms. The van der Waals surface area contributed by atoms with Crippen LogP contribution < -0.4 is 15.6 Å². The Kier molecular flexibility index (Phi) is 4.55. The SMILES string of the molecule is CCn1c(Nc2nnc(-c3ccc(OC)cc3)s2)nc2ccccc2c1=O. The number of nitrogens with one attached hydrogen (secondary N) is 1. The van der Waals surface area contributed by atoms with Crippen LogP contribution in [0.25, 0.3) is 21.5 Å². The number of benzene rings is 2. The summed E-state index contributed by atoms with van der Waals surface area (Å²) in [6.07, 6.45) is 0. The van der Waals surface area contributed by atoms with Crippen LogP contribution in [0.3, 0.4) is 0 Å². The lowest BCUT2D eigenvalue weighted by molar-refractivity contribution is 0.415. The van der Waals surface area contributed by atoms with Crippen molar-refractivity contribution >= 4 is 33.3 Å². The average molecular weight is 379 g/mol. The van der Waals surface area contributed by atoms with Crippen molar-refractivity contribution in [3.63, 3.8) is 0 Å². The molecule has 2 aromatic carbocycles. The fraction of sp³-hybridized carbons (Fsp3) is 0.158. The molecule has 2 heterocycles. The molecule has 7 nitrogen and oxygen atoms in total. The lowest BCUT2D eigenvalue weighted by Crippen LogP contribution is -2.23. The Morgan fingerprint density at radius 1 is 1.11 bits per heavy atom. The summed E-state index contributed by atoms with van der Waals surface area (Å²) in [5.41, 5.74) is 1.51. The van der Waals surface area contributed by atoms with Crippen LogP contribution in [0.1, 0.15) is 6.92 Å². The van der Waals surface area contributed by atoms with Gasteiger partial charge in [0.25, 0.3) is 5.56 Å². The van der Waals surface area contributed by atoms with Gasteiger partial charge >= 0.3 is 0 Å². The van der Waals surface area contributed by atoms with Gasteiger partial charge in [-0.05, 0) is 43.3 Å². The van der Waals surface area contributed by atoms with E-state index in [-0.39, 0.29) is 5.56 Å². The smallest absolute Gasteiger partial charge is 0.262 e. The van der Waals surface area contributed by atoms with Crippen LogP contribution in [0, 0.1) is 0 Å². The van der Waals surface area contributed by atoms with Gasteiger partial charge in [0.1, 0.15) is 10.8 Å². The number of anilines is 2. The van der Waals surface area contributed by atoms with E-state index in [2.05, 4.69) is 20.5 Å². The highest BCUT2D eigenvalue weighted by Crippen LogP contribution is 2.29. The monoisotopic (exact) mass is 379 g/mol. The summed E-state index contributed by atoms with van der Waals surface area (Å²) in [4.78, 5) is 17.3. The van der Waals surface area contributed by atoms with Gasteiger partial charge < -0.3 is 4.74 Å². The standard InChI is InChI=1S/C19H17N5O2S/c1-3-24-17(25)14-6-4-5-7-15(14)20-18(24)21-19-23-22-16(27-19)12-8-10-13(26-2)11-9-12/h4-11H,3H2,1-2H3,(H,20,21,23). The highest BCUT2D eigenvalue weighted by Gasteiger charge is 2.13. The summed E-state index contributed by atoms with van der Waals surface area (Å²) in [5.74, 6) is 1.24. The number of hydrogen-bond donors (Lipinski definition) is 1. The minimum Gasteiger partial charge on any atom is -0.497 e. The molecule has 0 aliphatic rings. The number of ether oxygens (including phenoxy) is 1. The Bertz CT molecular complexity index is 1150. The van der Waals surface area contributed by atoms with Crippen molar-refractivity contribution < 1.29 is 4.74 Å². The molecule has 0 bridgehead atoms. The van der Waals surface area contributed by atoms with Crippen LogP contribution >= 0.6 is 11.3 Å². The van der Waals surface area contributed by atoms with Crippen molar-refractivity contribution in [1.82, 2.24) is 19.7 Å². The molecule has 0 atom stereocenters. The summed E-state index contributed by atoms with van der Waals surface area (Å²) in [6, 6.07) is 14.9. The Labute approximate surface area is 159 Å². The molecule has 0 aliphatic carbocycles. The average Bonchev–Trinajstić information content (AvgIpc) is 3.17. The van der Waals surface area contributed by atoms with Crippen molar-refractivity contribution in [3.05, 3.63) is 58.9 Å². The maximum absolute atomic E-state index is 12.7. The predicted molar refractivity (Wildman–Crippen MR) is 107 cm³/mol. The molecule has 0 amide bonds. The molecule has 2 aromatic heterocycles. The van der Waals surface area contributed by atoms with E-state index >= 15 is 0 Å². The van der Waals surface area contributed by atoms with Crippen molar-refractivity contribution in [3.8, 4) is 16.3 Å². The molecule has 4 aromatic rings. The second kappa shape index (κ2) is 7.16. The highest BCUT2D eigenvalue weighted by molar-refractivity contribution is 7.18. The van der Waals surface area contributed by atoms with E-state index in [9.17, 15) is 4.79 Å². The minimum absolute atomic E-state index is 0.0782. The molecule has 0 saturated carbocycles. The van der Waals surface area contributed by atoms with Crippen LogP contribution in [0.4, 0.5) is 11.1 Å². The van der Waals surface area contributed by atoms with Crippen LogP contribution in [-0.2, 0) is 6.54 Å². The Balaban J connectivity index is 1.68. The van der Waals surface area contributed by atoms with E-state index in [1.54, 1.807) is 17.7 Å². The van der Waals surface area contributed by atoms with Crippen molar-refractivity contribution in [2.45, 2.75) is 13.5 Å². The highest BCUT2D eigenvalue weighted by atomic mass is 32.1. The summed E-state index contributed by atoms with van der Waals surface area (Å²) in [5, 5.41) is 13.5. The molecular formula is C19H17N5O2S. The predicted octanol–water partition coefficient (Wildman–Crippen LogP) is 3.69. The third-order valence-corrected chi connectivity index (χ3v) is 5.05. The van der Waals surface area contributed by atoms with Gasteiger partial charge in [-0.3, -0.25) is 14.7 Å². The number of fused-ring (bicyclic) bond motifs is 1. The molecule has 136 valence electrons. The van der Waals surface area contributed by atoms with Gasteiger partial charge in [-0.25, -0.2) is 4.98 Å². The lowest BCUT2D eigenvalue weighted by atomic mass is 10.2. The zero-order valence-corrected chi connectivity index (χ0v) is 15.7. The molecule has 0 saturated heterocycles. The Morgan fingerprint density at radius 3 is 2.63 bits per heavy atom. The van der Waals surface area contributed by atoms with Gasteiger partial charge in [-0.15, -0.1) is 10.2 Å². The molecule has 0 spiro atoms. The van der Waals surface area contributed by atoms with E-state index in [1.807, 2.05) is 49.4 Å². The maximum atomic E-state index is 12.7. The molecule has 0 radical (unpaired) electrons. The molecule has 0 fully saturated rings. The quantitative estimate of drug-likeness (QED) is 0.569. The number of nitrogens with zero attached hydrogens (tertiary/aromatic N) is 4. The fourth-order valence-corrected chi connectivity index (χ4v) is 3.52. The summed E-state index contributed by atoms with van der Waals surface area (Å²) < 4.78 is 6.77. The fourth-order valence-electron chi connectivity index (χ4n) is 2.78. The molecule has 4 rings (SSSR count). The van der Waals surface area contributed by atoms with Gasteiger partial charge in [0, 0.05) is 12.1 Å². The third-order valence-electron chi connectivity index (χ3n) is 4.16. The van der Waals surface area contributed by atoms with Crippen LogP contribution in [0.2, 0.25) is 0 Å². The van der Waals surface area contributed by atoms with E-state index in [4.69, 9.17) is 4.74 Å². The topological polar surface area (TPSA) is 81.9 Å². The second-order valence-electron chi connectivity index (χ2n) is 5.77. The van der Waals surface area contributed by atoms with Crippen LogP contribution in [0.5, 0.6) is 5.75 Å². The lowest BCUT2D eigenvalue weighted by Gasteiger charge is -2.11. The largest absolute Gasteiger partial charge is 0.497 e. The number of para-hydroxylation sites is 1. The molecule has 0 aliphatic heterocycles. The maximum Gasteiger partial charge on any atom is 0.262 e. The number of methoxy groups -OCH3 is 1. The number of hydrogen-bond acceptors (Lipinski definition) is 7. The van der Waals surface area contributed by atoms with E-state index < -0.39 is 0 Å². The first kappa shape index (κ1) is 17.2. The number of rotatable bonds is 5. The van der Waals surface area contributed by atoms with Gasteiger partial charge in [0.05, 0.1) is 18.0 Å². The first-order chi connectivity index (χ1) is 13.2. The molecule has 1 N–H and O–H groups in total. The summed E-state index contributed by atoms with van der Waals surface area (Å²) >= 11 is 1.40. The zero-order chi connectivity index (χ0) is 18.8. The number of aromatic nitrogens is 4. The van der Waals surface area contributed by atoms with Crippen molar-refractivity contribution in [2.24, 2.45) is 0 Å². The first-order valence-corrected chi connectivity index (χ1v) is 9.25. The third kappa shape index (κ3) is 3.26. The van der Waals surface area contributed by atoms with Crippen molar-refractivity contribution in [1.29, 1.82) is 0 Å². The normalized spacial score (nSPS) is 10.9.